The molecule has 1 aliphatic carbocycles. The first-order chi connectivity index (χ1) is 10.7. The zero-order valence-corrected chi connectivity index (χ0v) is 12.4. The van der Waals surface area contributed by atoms with E-state index in [0.29, 0.717) is 5.65 Å². The summed E-state index contributed by atoms with van der Waals surface area (Å²) in [6, 6.07) is 12.1. The molecule has 2 heterocycles. The van der Waals surface area contributed by atoms with Crippen molar-refractivity contribution < 1.29 is 8.42 Å². The first-order valence-corrected chi connectivity index (χ1v) is 8.27. The zero-order valence-electron chi connectivity index (χ0n) is 11.5. The summed E-state index contributed by atoms with van der Waals surface area (Å²) in [5.74, 6) is 0. The van der Waals surface area contributed by atoms with Gasteiger partial charge < -0.3 is 0 Å². The summed E-state index contributed by atoms with van der Waals surface area (Å²) in [6.45, 7) is 0. The fourth-order valence-corrected chi connectivity index (χ4v) is 3.87. The Kier molecular flexibility index (Phi) is 2.77. The van der Waals surface area contributed by atoms with Crippen LogP contribution in [0.5, 0.6) is 0 Å². The third kappa shape index (κ3) is 1.83. The highest BCUT2D eigenvalue weighted by molar-refractivity contribution is 7.90. The number of aromatic nitrogens is 2. The SMILES string of the molecule is O=S(=O)(c1ccccc1)n1cc(C2=CC=C2)c2cccnc21. The molecular formula is C17H12N2O2S. The van der Waals surface area contributed by atoms with Crippen LogP contribution in [0.15, 0.2) is 78.0 Å². The number of nitrogens with zero attached hydrogens (tertiary/aromatic N) is 2. The number of fused-ring (bicyclic) bond motifs is 1. The van der Waals surface area contributed by atoms with Gasteiger partial charge in [0.2, 0.25) is 0 Å². The minimum atomic E-state index is -3.66. The van der Waals surface area contributed by atoms with Gasteiger partial charge in [0.25, 0.3) is 10.0 Å². The van der Waals surface area contributed by atoms with Crippen molar-refractivity contribution in [2.24, 2.45) is 0 Å². The molecule has 1 aromatic carbocycles. The molecule has 108 valence electrons. The molecule has 0 spiro atoms. The van der Waals surface area contributed by atoms with Crippen LogP contribution in [0.3, 0.4) is 0 Å². The Labute approximate surface area is 128 Å². The quantitative estimate of drug-likeness (QED) is 0.746. The molecule has 22 heavy (non-hydrogen) atoms. The Morgan fingerprint density at radius 1 is 1.00 bits per heavy atom. The molecule has 0 aliphatic heterocycles. The van der Waals surface area contributed by atoms with E-state index in [1.165, 1.54) is 3.97 Å². The molecule has 0 atom stereocenters. The summed E-state index contributed by atoms with van der Waals surface area (Å²) in [6.07, 6.45) is 9.10. The van der Waals surface area contributed by atoms with Gasteiger partial charge in [-0.3, -0.25) is 0 Å². The van der Waals surface area contributed by atoms with Crippen LogP contribution in [-0.2, 0) is 10.0 Å². The number of hydrogen-bond donors (Lipinski definition) is 0. The van der Waals surface area contributed by atoms with Crippen LogP contribution < -0.4 is 0 Å². The molecule has 5 heteroatoms. The van der Waals surface area contributed by atoms with Gasteiger partial charge in [0.1, 0.15) is 0 Å². The van der Waals surface area contributed by atoms with E-state index < -0.39 is 10.0 Å². The molecule has 0 bridgehead atoms. The monoisotopic (exact) mass is 308 g/mol. The van der Waals surface area contributed by atoms with Gasteiger partial charge in [0.05, 0.1) is 4.90 Å². The van der Waals surface area contributed by atoms with Gasteiger partial charge in [0.15, 0.2) is 5.65 Å². The smallest absolute Gasteiger partial charge is 0.237 e. The first-order valence-electron chi connectivity index (χ1n) is 6.83. The highest BCUT2D eigenvalue weighted by atomic mass is 32.2. The Morgan fingerprint density at radius 3 is 2.45 bits per heavy atom. The average molecular weight is 308 g/mol. The maximum absolute atomic E-state index is 12.9. The molecule has 1 aliphatic rings. The van der Waals surface area contributed by atoms with Gasteiger partial charge in [-0.2, -0.15) is 0 Å². The second-order valence-corrected chi connectivity index (χ2v) is 6.83. The highest BCUT2D eigenvalue weighted by Crippen LogP contribution is 2.32. The van der Waals surface area contributed by atoms with E-state index in [2.05, 4.69) is 4.98 Å². The third-order valence-corrected chi connectivity index (χ3v) is 5.36. The van der Waals surface area contributed by atoms with E-state index >= 15 is 0 Å². The van der Waals surface area contributed by atoms with Crippen LogP contribution >= 0.6 is 0 Å². The Bertz CT molecular complexity index is 1030. The van der Waals surface area contributed by atoms with Gasteiger partial charge in [-0.25, -0.2) is 17.4 Å². The van der Waals surface area contributed by atoms with E-state index in [1.807, 2.05) is 30.4 Å². The topological polar surface area (TPSA) is 52.0 Å². The number of pyridine rings is 1. The van der Waals surface area contributed by atoms with Gasteiger partial charge in [-0.15, -0.1) is 0 Å². The van der Waals surface area contributed by atoms with Crippen LogP contribution in [-0.4, -0.2) is 17.4 Å². The Balaban J connectivity index is 2.00. The number of allylic oxidation sites excluding steroid dienone is 4. The van der Waals surface area contributed by atoms with Crippen molar-refractivity contribution in [2.45, 2.75) is 4.90 Å². The van der Waals surface area contributed by atoms with Crippen molar-refractivity contribution in [2.75, 3.05) is 0 Å². The lowest BCUT2D eigenvalue weighted by atomic mass is 10.00. The third-order valence-electron chi connectivity index (χ3n) is 3.69. The maximum Gasteiger partial charge on any atom is 0.269 e. The minimum Gasteiger partial charge on any atom is -0.237 e. The molecule has 0 saturated heterocycles. The largest absolute Gasteiger partial charge is 0.269 e. The first kappa shape index (κ1) is 13.0. The van der Waals surface area contributed by atoms with Gasteiger partial charge in [-0.05, 0) is 29.8 Å². The summed E-state index contributed by atoms with van der Waals surface area (Å²) in [7, 11) is -3.66. The predicted octanol–water partition coefficient (Wildman–Crippen LogP) is 3.23. The summed E-state index contributed by atoms with van der Waals surface area (Å²) < 4.78 is 27.0. The lowest BCUT2D eigenvalue weighted by molar-refractivity contribution is 0.588. The van der Waals surface area contributed by atoms with Gasteiger partial charge in [-0.1, -0.05) is 36.4 Å². The number of benzene rings is 1. The van der Waals surface area contributed by atoms with E-state index in [4.69, 9.17) is 0 Å². The Morgan fingerprint density at radius 2 is 1.77 bits per heavy atom. The van der Waals surface area contributed by atoms with E-state index in [1.54, 1.807) is 42.7 Å². The van der Waals surface area contributed by atoms with Crippen molar-refractivity contribution in [3.63, 3.8) is 0 Å². The minimum absolute atomic E-state index is 0.252. The lowest BCUT2D eigenvalue weighted by Gasteiger charge is -2.06. The van der Waals surface area contributed by atoms with Crippen LogP contribution in [0, 0.1) is 0 Å². The Hall–Kier alpha value is -2.66. The fraction of sp³-hybridized carbons (Fsp3) is 0. The molecule has 3 aromatic rings. The summed E-state index contributed by atoms with van der Waals surface area (Å²) >= 11 is 0. The molecule has 0 saturated carbocycles. The fourth-order valence-electron chi connectivity index (χ4n) is 2.52. The number of hydrogen-bond acceptors (Lipinski definition) is 3. The second-order valence-electron chi connectivity index (χ2n) is 5.01. The van der Waals surface area contributed by atoms with E-state index in [0.717, 1.165) is 16.5 Å². The lowest BCUT2D eigenvalue weighted by Crippen LogP contribution is -2.12. The summed E-state index contributed by atoms with van der Waals surface area (Å²) in [5.41, 5.74) is 2.34. The van der Waals surface area contributed by atoms with E-state index in [9.17, 15) is 8.42 Å². The van der Waals surface area contributed by atoms with Crippen LogP contribution in [0.4, 0.5) is 0 Å². The summed E-state index contributed by atoms with van der Waals surface area (Å²) in [4.78, 5) is 4.52. The molecule has 0 radical (unpaired) electrons. The predicted molar refractivity (Wildman–Crippen MR) is 85.9 cm³/mol. The second kappa shape index (κ2) is 4.68. The molecule has 2 aromatic heterocycles. The standard InChI is InChI=1S/C17H12N2O2S/c20-22(21,14-8-2-1-3-9-14)19-12-16(13-6-4-7-13)15-10-5-11-18-17(15)19/h1-12H. The van der Waals surface area contributed by atoms with Crippen molar-refractivity contribution in [1.82, 2.24) is 8.96 Å². The van der Waals surface area contributed by atoms with Crippen molar-refractivity contribution >= 4 is 26.6 Å². The van der Waals surface area contributed by atoms with Crippen LogP contribution in [0.25, 0.3) is 16.6 Å². The van der Waals surface area contributed by atoms with Gasteiger partial charge >= 0.3 is 0 Å². The maximum atomic E-state index is 12.9. The van der Waals surface area contributed by atoms with Gasteiger partial charge in [0, 0.05) is 23.3 Å². The summed E-state index contributed by atoms with van der Waals surface area (Å²) in [5, 5.41) is 0.831. The molecule has 0 unspecified atom stereocenters. The van der Waals surface area contributed by atoms with Crippen LogP contribution in [0.1, 0.15) is 5.56 Å². The molecule has 0 N–H and O–H groups in total. The van der Waals surface area contributed by atoms with Crippen molar-refractivity contribution in [3.8, 4) is 0 Å². The molecule has 0 amide bonds. The van der Waals surface area contributed by atoms with Crippen molar-refractivity contribution in [1.29, 1.82) is 0 Å². The average Bonchev–Trinajstić information content (AvgIpc) is 2.87. The normalized spacial score (nSPS) is 13.9. The van der Waals surface area contributed by atoms with Crippen molar-refractivity contribution in [3.05, 3.63) is 78.6 Å². The van der Waals surface area contributed by atoms with E-state index in [-0.39, 0.29) is 4.90 Å². The van der Waals surface area contributed by atoms with Crippen LogP contribution in [0.2, 0.25) is 0 Å². The molecule has 4 nitrogen and oxygen atoms in total. The molecular weight excluding hydrogens is 296 g/mol. The number of rotatable bonds is 3. The molecule has 0 fully saturated rings. The zero-order chi connectivity index (χ0) is 15.2. The molecule has 4 rings (SSSR count). The highest BCUT2D eigenvalue weighted by Gasteiger charge is 2.22.